The van der Waals surface area contributed by atoms with Gasteiger partial charge in [0.2, 0.25) is 0 Å². The third kappa shape index (κ3) is 2.03. The van der Waals surface area contributed by atoms with E-state index in [9.17, 15) is 0 Å². The quantitative estimate of drug-likeness (QED) is 0.921. The molecule has 0 radical (unpaired) electrons. The van der Waals surface area contributed by atoms with Crippen LogP contribution in [0.25, 0.3) is 0 Å². The first-order valence-corrected chi connectivity index (χ1v) is 7.43. The number of nitrogens with two attached hydrogens (primary N) is 1. The number of ether oxygens (including phenoxy) is 1. The fourth-order valence-electron chi connectivity index (χ4n) is 3.68. The molecular weight excluding hydrogens is 250 g/mol. The van der Waals surface area contributed by atoms with Gasteiger partial charge in [-0.25, -0.2) is 0 Å². The lowest BCUT2D eigenvalue weighted by Crippen LogP contribution is -2.50. The lowest BCUT2D eigenvalue weighted by Gasteiger charge is -2.36. The van der Waals surface area contributed by atoms with E-state index in [1.807, 2.05) is 12.1 Å². The summed E-state index contributed by atoms with van der Waals surface area (Å²) in [5.74, 6) is 2.31. The van der Waals surface area contributed by atoms with E-state index in [0.717, 1.165) is 23.9 Å². The van der Waals surface area contributed by atoms with Gasteiger partial charge in [0.25, 0.3) is 0 Å². The Kier molecular flexibility index (Phi) is 3.32. The standard InChI is InChI=1S/C16H23N3O/c1-3-12-7-8-16(10-12)11-18-15(17)19(16)13-5-4-6-14(9-13)20-2/h4-6,9,12H,3,7-8,10-11H2,1-2H3,(H2,17,18). The summed E-state index contributed by atoms with van der Waals surface area (Å²) in [6.45, 7) is 3.10. The van der Waals surface area contributed by atoms with Crippen LogP contribution in [0, 0.1) is 5.92 Å². The molecule has 1 aliphatic heterocycles. The van der Waals surface area contributed by atoms with Gasteiger partial charge in [0, 0.05) is 11.8 Å². The summed E-state index contributed by atoms with van der Waals surface area (Å²) in [5, 5.41) is 0. The molecule has 1 fully saturated rings. The molecule has 1 spiro atoms. The van der Waals surface area contributed by atoms with Crippen LogP contribution in [0.4, 0.5) is 5.69 Å². The Hall–Kier alpha value is -1.71. The van der Waals surface area contributed by atoms with E-state index in [0.29, 0.717) is 5.96 Å². The molecule has 2 atom stereocenters. The molecule has 108 valence electrons. The van der Waals surface area contributed by atoms with E-state index in [-0.39, 0.29) is 5.54 Å². The molecule has 2 aliphatic rings. The predicted molar refractivity (Wildman–Crippen MR) is 82.3 cm³/mol. The molecule has 2 unspecified atom stereocenters. The Balaban J connectivity index is 1.94. The minimum Gasteiger partial charge on any atom is -0.497 e. The Morgan fingerprint density at radius 3 is 3.05 bits per heavy atom. The van der Waals surface area contributed by atoms with Gasteiger partial charge in [-0.05, 0) is 37.3 Å². The van der Waals surface area contributed by atoms with Crippen LogP contribution in [0.15, 0.2) is 29.3 Å². The molecule has 0 amide bonds. The summed E-state index contributed by atoms with van der Waals surface area (Å²) >= 11 is 0. The van der Waals surface area contributed by atoms with Crippen molar-refractivity contribution in [1.82, 2.24) is 0 Å². The van der Waals surface area contributed by atoms with Crippen molar-refractivity contribution in [1.29, 1.82) is 0 Å². The number of rotatable bonds is 3. The second-order valence-electron chi connectivity index (χ2n) is 5.95. The molecule has 1 aromatic carbocycles. The minimum atomic E-state index is 0.0944. The number of anilines is 1. The van der Waals surface area contributed by atoms with Crippen molar-refractivity contribution in [2.75, 3.05) is 18.6 Å². The molecule has 20 heavy (non-hydrogen) atoms. The van der Waals surface area contributed by atoms with Crippen LogP contribution in [0.3, 0.4) is 0 Å². The van der Waals surface area contributed by atoms with Gasteiger partial charge in [0.1, 0.15) is 5.75 Å². The first-order valence-electron chi connectivity index (χ1n) is 7.43. The van der Waals surface area contributed by atoms with Gasteiger partial charge in [0.05, 0.1) is 19.2 Å². The second-order valence-corrected chi connectivity index (χ2v) is 5.95. The number of aliphatic imine (C=N–C) groups is 1. The number of nitrogens with zero attached hydrogens (tertiary/aromatic N) is 2. The van der Waals surface area contributed by atoms with Gasteiger partial charge < -0.3 is 15.4 Å². The molecule has 1 aromatic rings. The summed E-state index contributed by atoms with van der Waals surface area (Å²) in [6, 6.07) is 8.12. The fourth-order valence-corrected chi connectivity index (χ4v) is 3.68. The zero-order chi connectivity index (χ0) is 14.2. The van der Waals surface area contributed by atoms with Crippen molar-refractivity contribution in [2.24, 2.45) is 16.6 Å². The van der Waals surface area contributed by atoms with E-state index >= 15 is 0 Å². The van der Waals surface area contributed by atoms with E-state index < -0.39 is 0 Å². The average molecular weight is 273 g/mol. The third-order valence-electron chi connectivity index (χ3n) is 4.81. The topological polar surface area (TPSA) is 50.8 Å². The molecule has 4 heteroatoms. The normalized spacial score (nSPS) is 29.0. The molecule has 2 N–H and O–H groups in total. The Morgan fingerprint density at radius 1 is 1.50 bits per heavy atom. The van der Waals surface area contributed by atoms with Gasteiger partial charge in [-0.2, -0.15) is 0 Å². The van der Waals surface area contributed by atoms with Gasteiger partial charge in [-0.1, -0.05) is 19.4 Å². The average Bonchev–Trinajstić information content (AvgIpc) is 3.04. The molecule has 3 rings (SSSR count). The SMILES string of the molecule is CCC1CCC2(CN=C(N)N2c2cccc(OC)c2)C1. The third-order valence-corrected chi connectivity index (χ3v) is 4.81. The molecule has 0 aromatic heterocycles. The Morgan fingerprint density at radius 2 is 2.35 bits per heavy atom. The first kappa shape index (κ1) is 13.3. The van der Waals surface area contributed by atoms with Crippen molar-refractivity contribution in [3.05, 3.63) is 24.3 Å². The highest BCUT2D eigenvalue weighted by Crippen LogP contribution is 2.45. The molecule has 0 bridgehead atoms. The summed E-state index contributed by atoms with van der Waals surface area (Å²) in [4.78, 5) is 6.77. The highest BCUT2D eigenvalue weighted by Gasteiger charge is 2.47. The van der Waals surface area contributed by atoms with Crippen LogP contribution in [0.5, 0.6) is 5.75 Å². The zero-order valence-electron chi connectivity index (χ0n) is 12.3. The van der Waals surface area contributed by atoms with Crippen LogP contribution < -0.4 is 15.4 Å². The molecule has 4 nitrogen and oxygen atoms in total. The van der Waals surface area contributed by atoms with E-state index in [1.54, 1.807) is 7.11 Å². The van der Waals surface area contributed by atoms with Gasteiger partial charge in [-0.15, -0.1) is 0 Å². The smallest absolute Gasteiger partial charge is 0.196 e. The lowest BCUT2D eigenvalue weighted by atomic mass is 9.93. The maximum Gasteiger partial charge on any atom is 0.196 e. The van der Waals surface area contributed by atoms with E-state index in [2.05, 4.69) is 28.9 Å². The van der Waals surface area contributed by atoms with Crippen LogP contribution in [0.1, 0.15) is 32.6 Å². The first-order chi connectivity index (χ1) is 9.68. The molecular formula is C16H23N3O. The Bertz CT molecular complexity index is 528. The molecule has 1 heterocycles. The largest absolute Gasteiger partial charge is 0.497 e. The van der Waals surface area contributed by atoms with Gasteiger partial charge in [0.15, 0.2) is 5.96 Å². The fraction of sp³-hybridized carbons (Fsp3) is 0.562. The maximum atomic E-state index is 6.18. The van der Waals surface area contributed by atoms with Crippen LogP contribution in [-0.2, 0) is 0 Å². The van der Waals surface area contributed by atoms with E-state index in [1.165, 1.54) is 25.7 Å². The maximum absolute atomic E-state index is 6.18. The highest BCUT2D eigenvalue weighted by atomic mass is 16.5. The summed E-state index contributed by atoms with van der Waals surface area (Å²) in [7, 11) is 1.69. The van der Waals surface area contributed by atoms with Gasteiger partial charge in [-0.3, -0.25) is 4.99 Å². The molecule has 1 aliphatic carbocycles. The highest BCUT2D eigenvalue weighted by molar-refractivity contribution is 5.98. The van der Waals surface area contributed by atoms with Crippen molar-refractivity contribution in [3.8, 4) is 5.75 Å². The van der Waals surface area contributed by atoms with Crippen LogP contribution in [0.2, 0.25) is 0 Å². The number of hydrogen-bond donors (Lipinski definition) is 1. The summed E-state index contributed by atoms with van der Waals surface area (Å²) < 4.78 is 5.34. The number of benzene rings is 1. The zero-order valence-corrected chi connectivity index (χ0v) is 12.3. The summed E-state index contributed by atoms with van der Waals surface area (Å²) in [5.41, 5.74) is 7.37. The minimum absolute atomic E-state index is 0.0944. The molecule has 1 saturated carbocycles. The van der Waals surface area contributed by atoms with Crippen molar-refractivity contribution >= 4 is 11.6 Å². The van der Waals surface area contributed by atoms with Gasteiger partial charge >= 0.3 is 0 Å². The predicted octanol–water partition coefficient (Wildman–Crippen LogP) is 2.78. The number of guanidine groups is 1. The number of hydrogen-bond acceptors (Lipinski definition) is 4. The van der Waals surface area contributed by atoms with E-state index in [4.69, 9.17) is 10.5 Å². The van der Waals surface area contributed by atoms with Crippen molar-refractivity contribution < 1.29 is 4.74 Å². The van der Waals surface area contributed by atoms with Crippen LogP contribution >= 0.6 is 0 Å². The monoisotopic (exact) mass is 273 g/mol. The van der Waals surface area contributed by atoms with Crippen molar-refractivity contribution in [2.45, 2.75) is 38.1 Å². The Labute approximate surface area is 120 Å². The van der Waals surface area contributed by atoms with Crippen molar-refractivity contribution in [3.63, 3.8) is 0 Å². The van der Waals surface area contributed by atoms with Crippen LogP contribution in [-0.4, -0.2) is 25.2 Å². The number of methoxy groups -OCH3 is 1. The molecule has 0 saturated heterocycles. The lowest BCUT2D eigenvalue weighted by molar-refractivity contribution is 0.413. The summed E-state index contributed by atoms with van der Waals surface area (Å²) in [6.07, 6.45) is 4.88. The second kappa shape index (κ2) is 5.00.